The van der Waals surface area contributed by atoms with Gasteiger partial charge in [-0.3, -0.25) is 19.2 Å². The molecule has 3 amide bonds. The fraction of sp³-hybridized carbons (Fsp3) is 0.385. The monoisotopic (exact) mass is 514 g/mol. The number of ether oxygens (including phenoxy) is 1. The van der Waals surface area contributed by atoms with Crippen molar-refractivity contribution in [1.29, 1.82) is 0 Å². The zero-order valence-corrected chi connectivity index (χ0v) is 20.6. The van der Waals surface area contributed by atoms with Crippen molar-refractivity contribution < 1.29 is 23.9 Å². The van der Waals surface area contributed by atoms with Gasteiger partial charge in [0.15, 0.2) is 0 Å². The van der Waals surface area contributed by atoms with Gasteiger partial charge in [0, 0.05) is 19.0 Å². The molecule has 182 valence electrons. The van der Waals surface area contributed by atoms with Crippen molar-refractivity contribution in [1.82, 2.24) is 0 Å². The Kier molecular flexibility index (Phi) is 6.32. The number of carbonyl (C=O) groups excluding carboxylic acids is 4. The maximum absolute atomic E-state index is 13.0. The molecule has 0 spiro atoms. The lowest BCUT2D eigenvalue weighted by Gasteiger charge is -2.25. The minimum Gasteiger partial charge on any atom is -0.426 e. The van der Waals surface area contributed by atoms with Crippen LogP contribution in [-0.2, 0) is 19.2 Å². The summed E-state index contributed by atoms with van der Waals surface area (Å²) in [7, 11) is 0. The quantitative estimate of drug-likeness (QED) is 0.330. The Balaban J connectivity index is 1.30. The maximum atomic E-state index is 13.0. The van der Waals surface area contributed by atoms with E-state index >= 15 is 0 Å². The summed E-state index contributed by atoms with van der Waals surface area (Å²) in [5.74, 6) is -1.84. The Morgan fingerprint density at radius 3 is 2.54 bits per heavy atom. The summed E-state index contributed by atoms with van der Waals surface area (Å²) < 4.78 is 5.57. The summed E-state index contributed by atoms with van der Waals surface area (Å²) in [6, 6.07) is 11.4. The third-order valence-electron chi connectivity index (χ3n) is 7.16. The summed E-state index contributed by atoms with van der Waals surface area (Å²) in [4.78, 5) is 54.2. The van der Waals surface area contributed by atoms with Gasteiger partial charge in [-0.1, -0.05) is 42.3 Å². The number of hydrogen-bond acceptors (Lipinski definition) is 5. The van der Waals surface area contributed by atoms with Gasteiger partial charge < -0.3 is 9.64 Å². The minimum atomic E-state index is -0.694. The van der Waals surface area contributed by atoms with E-state index in [9.17, 15) is 19.2 Å². The average molecular weight is 515 g/mol. The average Bonchev–Trinajstić information content (AvgIpc) is 3.33. The predicted octanol–water partition coefficient (Wildman–Crippen LogP) is 4.88. The molecule has 0 N–H and O–H groups in total. The molecule has 1 aliphatic carbocycles. The maximum Gasteiger partial charge on any atom is 0.316 e. The third kappa shape index (κ3) is 4.32. The molecule has 0 unspecified atom stereocenters. The van der Waals surface area contributed by atoms with Crippen molar-refractivity contribution in [2.45, 2.75) is 32.6 Å². The molecule has 2 saturated heterocycles. The molecule has 9 heteroatoms. The van der Waals surface area contributed by atoms with Gasteiger partial charge in [-0.25, -0.2) is 4.90 Å². The van der Waals surface area contributed by atoms with Gasteiger partial charge in [0.05, 0.1) is 39.2 Å². The van der Waals surface area contributed by atoms with Crippen LogP contribution in [0.25, 0.3) is 0 Å². The molecule has 35 heavy (non-hydrogen) atoms. The third-order valence-corrected chi connectivity index (χ3v) is 7.97. The van der Waals surface area contributed by atoms with Crippen LogP contribution in [0.4, 0.5) is 11.4 Å². The summed E-state index contributed by atoms with van der Waals surface area (Å²) in [6.07, 6.45) is 2.34. The number of amides is 3. The molecule has 1 saturated carbocycles. The summed E-state index contributed by atoms with van der Waals surface area (Å²) in [6.45, 7) is 2.22. The molecule has 3 fully saturated rings. The molecular formula is C26H24Cl2N2O5. The van der Waals surface area contributed by atoms with Crippen molar-refractivity contribution >= 4 is 58.3 Å². The number of imide groups is 1. The van der Waals surface area contributed by atoms with E-state index in [2.05, 4.69) is 6.92 Å². The molecule has 2 heterocycles. The first-order chi connectivity index (χ1) is 16.7. The number of fused-ring (bicyclic) bond motifs is 1. The summed E-state index contributed by atoms with van der Waals surface area (Å²) >= 11 is 12.3. The second-order valence-electron chi connectivity index (χ2n) is 9.54. The fourth-order valence-electron chi connectivity index (χ4n) is 5.33. The summed E-state index contributed by atoms with van der Waals surface area (Å²) in [5.41, 5.74) is 0.838. The van der Waals surface area contributed by atoms with E-state index < -0.39 is 11.9 Å². The van der Waals surface area contributed by atoms with Crippen LogP contribution in [-0.4, -0.2) is 30.2 Å². The number of benzene rings is 2. The van der Waals surface area contributed by atoms with Crippen LogP contribution in [0.15, 0.2) is 42.5 Å². The zero-order valence-electron chi connectivity index (χ0n) is 19.1. The fourth-order valence-corrected chi connectivity index (χ4v) is 5.73. The number of esters is 1. The van der Waals surface area contributed by atoms with E-state index in [0.717, 1.165) is 6.42 Å². The highest BCUT2D eigenvalue weighted by atomic mass is 35.5. The van der Waals surface area contributed by atoms with Gasteiger partial charge in [0.25, 0.3) is 0 Å². The molecule has 2 aromatic rings. The summed E-state index contributed by atoms with van der Waals surface area (Å²) in [5, 5.41) is 0.569. The number of carbonyl (C=O) groups is 4. The van der Waals surface area contributed by atoms with Crippen LogP contribution < -0.4 is 14.5 Å². The van der Waals surface area contributed by atoms with E-state index in [4.69, 9.17) is 27.9 Å². The normalized spacial score (nSPS) is 26.3. The molecule has 3 aliphatic rings. The van der Waals surface area contributed by atoms with Gasteiger partial charge in [-0.15, -0.1) is 0 Å². The SMILES string of the molecule is C[C@@H]1CC[C@@H]2C(=O)N(c3cccc(OC(=O)[C@H]4CC(=O)N(c5cccc(Cl)c5Cl)C4)c3)C(=O)[C@@H]2C1. The number of anilines is 2. The second kappa shape index (κ2) is 9.28. The Labute approximate surface area is 212 Å². The zero-order chi connectivity index (χ0) is 24.9. The predicted molar refractivity (Wildman–Crippen MR) is 131 cm³/mol. The van der Waals surface area contributed by atoms with Gasteiger partial charge in [0.1, 0.15) is 5.75 Å². The first kappa shape index (κ1) is 23.8. The highest BCUT2D eigenvalue weighted by Gasteiger charge is 2.50. The van der Waals surface area contributed by atoms with E-state index in [-0.39, 0.29) is 53.3 Å². The van der Waals surface area contributed by atoms with Crippen molar-refractivity contribution in [2.24, 2.45) is 23.7 Å². The highest BCUT2D eigenvalue weighted by molar-refractivity contribution is 6.44. The lowest BCUT2D eigenvalue weighted by atomic mass is 9.76. The van der Waals surface area contributed by atoms with Crippen molar-refractivity contribution in [3.05, 3.63) is 52.5 Å². The first-order valence-electron chi connectivity index (χ1n) is 11.7. The van der Waals surface area contributed by atoms with E-state index in [1.807, 2.05) is 0 Å². The Hall–Kier alpha value is -2.90. The molecule has 2 aromatic carbocycles. The molecule has 7 nitrogen and oxygen atoms in total. The standard InChI is InChI=1S/C26H24Cl2N2O5/c1-14-8-9-18-19(10-14)25(33)30(24(18)32)16-4-2-5-17(12-16)35-26(34)15-11-22(31)29(13-15)21-7-3-6-20(27)23(21)28/h2-7,12,14-15,18-19H,8-11,13H2,1H3/t14-,15+,18+,19-/m1/s1. The van der Waals surface area contributed by atoms with Crippen molar-refractivity contribution in [2.75, 3.05) is 16.3 Å². The van der Waals surface area contributed by atoms with Crippen LogP contribution in [0, 0.1) is 23.7 Å². The Bertz CT molecular complexity index is 1230. The second-order valence-corrected chi connectivity index (χ2v) is 10.3. The van der Waals surface area contributed by atoms with E-state index in [1.165, 1.54) is 15.9 Å². The van der Waals surface area contributed by atoms with Crippen molar-refractivity contribution in [3.8, 4) is 5.75 Å². The number of nitrogens with zero attached hydrogens (tertiary/aromatic N) is 2. The van der Waals surface area contributed by atoms with Crippen LogP contribution in [0.1, 0.15) is 32.6 Å². The van der Waals surface area contributed by atoms with E-state index in [0.29, 0.717) is 35.2 Å². The largest absolute Gasteiger partial charge is 0.426 e. The van der Waals surface area contributed by atoms with Crippen LogP contribution in [0.2, 0.25) is 10.0 Å². The molecule has 0 bridgehead atoms. The van der Waals surface area contributed by atoms with E-state index in [1.54, 1.807) is 36.4 Å². The number of rotatable bonds is 4. The molecular weight excluding hydrogens is 491 g/mol. The molecule has 5 rings (SSSR count). The molecule has 0 aromatic heterocycles. The van der Waals surface area contributed by atoms with Gasteiger partial charge in [-0.2, -0.15) is 0 Å². The van der Waals surface area contributed by atoms with Gasteiger partial charge in [-0.05, 0) is 49.4 Å². The lowest BCUT2D eigenvalue weighted by Crippen LogP contribution is -2.31. The Morgan fingerprint density at radius 1 is 1.00 bits per heavy atom. The van der Waals surface area contributed by atoms with Crippen LogP contribution in [0.5, 0.6) is 5.75 Å². The topological polar surface area (TPSA) is 84.0 Å². The van der Waals surface area contributed by atoms with Crippen LogP contribution >= 0.6 is 23.2 Å². The number of hydrogen-bond donors (Lipinski definition) is 0. The first-order valence-corrected chi connectivity index (χ1v) is 12.4. The van der Waals surface area contributed by atoms with Gasteiger partial charge in [0.2, 0.25) is 17.7 Å². The van der Waals surface area contributed by atoms with Crippen LogP contribution in [0.3, 0.4) is 0 Å². The van der Waals surface area contributed by atoms with Gasteiger partial charge >= 0.3 is 5.97 Å². The lowest BCUT2D eigenvalue weighted by molar-refractivity contribution is -0.139. The minimum absolute atomic E-state index is 0.0218. The number of halogens is 2. The molecule has 0 radical (unpaired) electrons. The van der Waals surface area contributed by atoms with Crippen molar-refractivity contribution in [3.63, 3.8) is 0 Å². The Morgan fingerprint density at radius 2 is 1.74 bits per heavy atom. The molecule has 4 atom stereocenters. The molecule has 2 aliphatic heterocycles. The smallest absolute Gasteiger partial charge is 0.316 e. The highest BCUT2D eigenvalue weighted by Crippen LogP contribution is 2.42.